The molecule has 1 atom stereocenters. The average molecular weight is 266 g/mol. The van der Waals surface area contributed by atoms with Gasteiger partial charge in [-0.3, -0.25) is 4.79 Å². The van der Waals surface area contributed by atoms with Crippen molar-refractivity contribution in [1.29, 1.82) is 0 Å². The van der Waals surface area contributed by atoms with E-state index in [0.717, 1.165) is 23.0 Å². The van der Waals surface area contributed by atoms with Crippen LogP contribution in [0.2, 0.25) is 5.02 Å². The van der Waals surface area contributed by atoms with Crippen molar-refractivity contribution in [2.45, 2.75) is 26.8 Å². The summed E-state index contributed by atoms with van der Waals surface area (Å²) in [4.78, 5) is 11.0. The second-order valence-electron chi connectivity index (χ2n) is 4.55. The van der Waals surface area contributed by atoms with Crippen LogP contribution in [0, 0.1) is 5.92 Å². The summed E-state index contributed by atoms with van der Waals surface area (Å²) in [5.74, 6) is -1.16. The number of fused-ring (bicyclic) bond motifs is 1. The predicted molar refractivity (Wildman–Crippen MR) is 73.1 cm³/mol. The second-order valence-corrected chi connectivity index (χ2v) is 4.98. The fraction of sp³-hybridized carbons (Fsp3) is 0.357. The van der Waals surface area contributed by atoms with Crippen LogP contribution < -0.4 is 0 Å². The molecule has 0 radical (unpaired) electrons. The lowest BCUT2D eigenvalue weighted by atomic mass is 10.0. The fourth-order valence-electron chi connectivity index (χ4n) is 2.18. The van der Waals surface area contributed by atoms with E-state index in [1.807, 2.05) is 24.4 Å². The summed E-state index contributed by atoms with van der Waals surface area (Å²) < 4.78 is 2.12. The number of aliphatic carboxylic acids is 1. The lowest BCUT2D eigenvalue weighted by molar-refractivity contribution is -0.141. The monoisotopic (exact) mass is 265 g/mol. The van der Waals surface area contributed by atoms with Gasteiger partial charge in [0.2, 0.25) is 0 Å². The zero-order valence-corrected chi connectivity index (χ0v) is 11.2. The summed E-state index contributed by atoms with van der Waals surface area (Å²) in [6.45, 7) is 4.65. The molecule has 0 aliphatic carbocycles. The molecule has 0 fully saturated rings. The summed E-state index contributed by atoms with van der Waals surface area (Å²) >= 11 is 6.02. The van der Waals surface area contributed by atoms with Crippen molar-refractivity contribution in [2.75, 3.05) is 0 Å². The van der Waals surface area contributed by atoms with Gasteiger partial charge in [0.15, 0.2) is 0 Å². The van der Waals surface area contributed by atoms with Gasteiger partial charge in [0.1, 0.15) is 0 Å². The van der Waals surface area contributed by atoms with Gasteiger partial charge in [-0.2, -0.15) is 0 Å². The van der Waals surface area contributed by atoms with E-state index in [1.54, 1.807) is 6.92 Å². The zero-order valence-electron chi connectivity index (χ0n) is 10.5. The molecule has 2 aromatic rings. The first-order valence-electron chi connectivity index (χ1n) is 6.03. The minimum atomic E-state index is -0.769. The minimum Gasteiger partial charge on any atom is -0.481 e. The van der Waals surface area contributed by atoms with Crippen molar-refractivity contribution in [3.63, 3.8) is 0 Å². The molecule has 1 N–H and O–H groups in total. The van der Waals surface area contributed by atoms with Crippen molar-refractivity contribution in [2.24, 2.45) is 5.92 Å². The highest BCUT2D eigenvalue weighted by molar-refractivity contribution is 6.31. The number of rotatable bonds is 4. The normalized spacial score (nSPS) is 12.8. The smallest absolute Gasteiger partial charge is 0.306 e. The van der Waals surface area contributed by atoms with Crippen LogP contribution in [0.15, 0.2) is 24.4 Å². The number of carbonyl (C=O) groups is 1. The quantitative estimate of drug-likeness (QED) is 0.918. The first-order valence-corrected chi connectivity index (χ1v) is 6.40. The molecule has 0 aliphatic heterocycles. The zero-order chi connectivity index (χ0) is 13.3. The van der Waals surface area contributed by atoms with E-state index in [4.69, 9.17) is 16.7 Å². The van der Waals surface area contributed by atoms with E-state index in [1.165, 1.54) is 0 Å². The number of aromatic nitrogens is 1. The van der Waals surface area contributed by atoms with Gasteiger partial charge in [0, 0.05) is 28.7 Å². The standard InChI is InChI=1S/C14H16ClNO2/c1-3-16-8-10(6-9(2)14(17)18)12-7-11(15)4-5-13(12)16/h4-5,7-9H,3,6H2,1-2H3,(H,17,18). The number of halogens is 1. The molecule has 1 unspecified atom stereocenters. The van der Waals surface area contributed by atoms with Gasteiger partial charge in [-0.15, -0.1) is 0 Å². The molecule has 2 rings (SSSR count). The van der Waals surface area contributed by atoms with Gasteiger partial charge in [-0.05, 0) is 37.1 Å². The summed E-state index contributed by atoms with van der Waals surface area (Å²) in [5, 5.41) is 10.7. The van der Waals surface area contributed by atoms with E-state index < -0.39 is 5.97 Å². The number of carboxylic acid groups (broad SMARTS) is 1. The SMILES string of the molecule is CCn1cc(CC(C)C(=O)O)c2cc(Cl)ccc21. The van der Waals surface area contributed by atoms with Crippen LogP contribution in [-0.4, -0.2) is 15.6 Å². The van der Waals surface area contributed by atoms with Gasteiger partial charge in [0.25, 0.3) is 0 Å². The predicted octanol–water partition coefficient (Wildman–Crippen LogP) is 3.58. The Morgan fingerprint density at radius 1 is 1.50 bits per heavy atom. The van der Waals surface area contributed by atoms with Crippen molar-refractivity contribution in [1.82, 2.24) is 4.57 Å². The fourth-order valence-corrected chi connectivity index (χ4v) is 2.36. The molecule has 0 aliphatic rings. The van der Waals surface area contributed by atoms with E-state index >= 15 is 0 Å². The third kappa shape index (κ3) is 2.36. The molecule has 4 heteroatoms. The highest BCUT2D eigenvalue weighted by atomic mass is 35.5. The second kappa shape index (κ2) is 5.02. The van der Waals surface area contributed by atoms with Crippen LogP contribution in [0.25, 0.3) is 10.9 Å². The molecule has 0 bridgehead atoms. The summed E-state index contributed by atoms with van der Waals surface area (Å²) in [6, 6.07) is 5.75. The van der Waals surface area contributed by atoms with Crippen molar-refractivity contribution in [3.8, 4) is 0 Å². The van der Waals surface area contributed by atoms with Crippen LogP contribution in [0.3, 0.4) is 0 Å². The van der Waals surface area contributed by atoms with Crippen LogP contribution in [0.4, 0.5) is 0 Å². The number of benzene rings is 1. The third-order valence-corrected chi connectivity index (χ3v) is 3.45. The lowest BCUT2D eigenvalue weighted by Gasteiger charge is -2.04. The Balaban J connectivity index is 2.49. The maximum absolute atomic E-state index is 11.0. The molecular formula is C14H16ClNO2. The first kappa shape index (κ1) is 13.0. The molecular weight excluding hydrogens is 250 g/mol. The molecule has 0 saturated carbocycles. The van der Waals surface area contributed by atoms with Gasteiger partial charge in [-0.25, -0.2) is 0 Å². The maximum atomic E-state index is 11.0. The van der Waals surface area contributed by atoms with Gasteiger partial charge in [-0.1, -0.05) is 18.5 Å². The maximum Gasteiger partial charge on any atom is 0.306 e. The summed E-state index contributed by atoms with van der Waals surface area (Å²) in [7, 11) is 0. The lowest BCUT2D eigenvalue weighted by Crippen LogP contribution is -2.11. The van der Waals surface area contributed by atoms with Crippen LogP contribution in [-0.2, 0) is 17.8 Å². The van der Waals surface area contributed by atoms with E-state index in [9.17, 15) is 4.79 Å². The van der Waals surface area contributed by atoms with E-state index in [-0.39, 0.29) is 5.92 Å². The molecule has 0 amide bonds. The van der Waals surface area contributed by atoms with Crippen LogP contribution in [0.5, 0.6) is 0 Å². The number of aryl methyl sites for hydroxylation is 1. The molecule has 1 aromatic heterocycles. The van der Waals surface area contributed by atoms with Crippen LogP contribution >= 0.6 is 11.6 Å². The third-order valence-electron chi connectivity index (χ3n) is 3.21. The summed E-state index contributed by atoms with van der Waals surface area (Å²) in [5.41, 5.74) is 2.15. The Labute approximate surface area is 111 Å². The topological polar surface area (TPSA) is 42.2 Å². The Bertz CT molecular complexity index is 589. The highest BCUT2D eigenvalue weighted by Gasteiger charge is 2.15. The number of hydrogen-bond donors (Lipinski definition) is 1. The van der Waals surface area contributed by atoms with Crippen molar-refractivity contribution in [3.05, 3.63) is 35.0 Å². The van der Waals surface area contributed by atoms with Crippen molar-refractivity contribution >= 4 is 28.5 Å². The molecule has 0 spiro atoms. The number of carboxylic acids is 1. The minimum absolute atomic E-state index is 0.389. The highest BCUT2D eigenvalue weighted by Crippen LogP contribution is 2.26. The molecule has 18 heavy (non-hydrogen) atoms. The van der Waals surface area contributed by atoms with E-state index in [2.05, 4.69) is 11.5 Å². The number of nitrogens with zero attached hydrogens (tertiary/aromatic N) is 1. The van der Waals surface area contributed by atoms with Crippen molar-refractivity contribution < 1.29 is 9.90 Å². The largest absolute Gasteiger partial charge is 0.481 e. The van der Waals surface area contributed by atoms with E-state index in [0.29, 0.717) is 11.4 Å². The molecule has 96 valence electrons. The molecule has 1 aromatic carbocycles. The van der Waals surface area contributed by atoms with Crippen LogP contribution in [0.1, 0.15) is 19.4 Å². The van der Waals surface area contributed by atoms with Gasteiger partial charge in [0.05, 0.1) is 5.92 Å². The summed E-state index contributed by atoms with van der Waals surface area (Å²) in [6.07, 6.45) is 2.56. The Kier molecular flexibility index (Phi) is 3.62. The molecule has 1 heterocycles. The average Bonchev–Trinajstić information content (AvgIpc) is 2.66. The first-order chi connectivity index (χ1) is 8.52. The Morgan fingerprint density at radius 2 is 2.22 bits per heavy atom. The van der Waals surface area contributed by atoms with Gasteiger partial charge >= 0.3 is 5.97 Å². The molecule has 3 nitrogen and oxygen atoms in total. The Hall–Kier alpha value is -1.48. The van der Waals surface area contributed by atoms with Gasteiger partial charge < -0.3 is 9.67 Å². The Morgan fingerprint density at radius 3 is 2.83 bits per heavy atom. The number of hydrogen-bond acceptors (Lipinski definition) is 1. The molecule has 0 saturated heterocycles.